The lowest BCUT2D eigenvalue weighted by Crippen LogP contribution is -2.30. The van der Waals surface area contributed by atoms with Crippen molar-refractivity contribution in [3.63, 3.8) is 0 Å². The summed E-state index contributed by atoms with van der Waals surface area (Å²) < 4.78 is 16.1. The third kappa shape index (κ3) is 3.23. The van der Waals surface area contributed by atoms with Crippen LogP contribution in [0.5, 0.6) is 0 Å². The van der Waals surface area contributed by atoms with Crippen LogP contribution in [0.25, 0.3) is 0 Å². The van der Waals surface area contributed by atoms with Gasteiger partial charge in [0.25, 0.3) is 0 Å². The van der Waals surface area contributed by atoms with Crippen molar-refractivity contribution >= 4 is 5.97 Å². The number of carbonyl (C=O) groups excluding carboxylic acids is 1. The van der Waals surface area contributed by atoms with Crippen LogP contribution in [0, 0.1) is 0 Å². The Morgan fingerprint density at radius 2 is 2.05 bits per heavy atom. The van der Waals surface area contributed by atoms with E-state index >= 15 is 0 Å². The van der Waals surface area contributed by atoms with Gasteiger partial charge in [-0.3, -0.25) is 0 Å². The van der Waals surface area contributed by atoms with Gasteiger partial charge >= 0.3 is 5.97 Å². The van der Waals surface area contributed by atoms with E-state index in [0.29, 0.717) is 5.57 Å². The molecule has 112 valence electrons. The predicted molar refractivity (Wildman–Crippen MR) is 75.9 cm³/mol. The van der Waals surface area contributed by atoms with E-state index in [1.165, 1.54) is 32.8 Å². The fourth-order valence-electron chi connectivity index (χ4n) is 2.80. The van der Waals surface area contributed by atoms with E-state index in [-0.39, 0.29) is 11.9 Å². The number of hydrogen-bond acceptors (Lipinski definition) is 4. The highest BCUT2D eigenvalue weighted by molar-refractivity contribution is 5.91. The van der Waals surface area contributed by atoms with Crippen LogP contribution in [0.3, 0.4) is 0 Å². The van der Waals surface area contributed by atoms with Crippen LogP contribution in [-0.2, 0) is 19.0 Å². The van der Waals surface area contributed by atoms with Gasteiger partial charge in [0.05, 0.1) is 18.8 Å². The predicted octanol–water partition coefficient (Wildman–Crippen LogP) is 3.48. The Labute approximate surface area is 120 Å². The topological polar surface area (TPSA) is 44.8 Å². The van der Waals surface area contributed by atoms with Crippen molar-refractivity contribution in [2.24, 2.45) is 0 Å². The Balaban J connectivity index is 1.86. The van der Waals surface area contributed by atoms with Gasteiger partial charge in [-0.15, -0.1) is 0 Å². The quantitative estimate of drug-likeness (QED) is 0.529. The van der Waals surface area contributed by atoms with Crippen molar-refractivity contribution in [1.82, 2.24) is 0 Å². The highest BCUT2D eigenvalue weighted by Gasteiger charge is 2.42. The number of fused-ring (bicyclic) bond motifs is 1. The number of esters is 1. The molecule has 0 aromatic carbocycles. The van der Waals surface area contributed by atoms with E-state index in [9.17, 15) is 4.79 Å². The van der Waals surface area contributed by atoms with E-state index < -0.39 is 12.3 Å². The van der Waals surface area contributed by atoms with Gasteiger partial charge < -0.3 is 14.2 Å². The first-order valence-corrected chi connectivity index (χ1v) is 7.50. The molecule has 2 rings (SSSR count). The smallest absolute Gasteiger partial charge is 0.376 e. The molecule has 1 saturated heterocycles. The summed E-state index contributed by atoms with van der Waals surface area (Å²) in [6.45, 7) is 6.26. The number of unbranched alkanes of at least 4 members (excludes halogenated alkanes) is 4. The van der Waals surface area contributed by atoms with E-state index in [4.69, 9.17) is 14.2 Å². The average Bonchev–Trinajstić information content (AvgIpc) is 2.74. The highest BCUT2D eigenvalue weighted by atomic mass is 16.7. The summed E-state index contributed by atoms with van der Waals surface area (Å²) in [5.74, 6) is -0.196. The largest absolute Gasteiger partial charge is 0.490 e. The molecular weight excluding hydrogens is 256 g/mol. The third-order valence-corrected chi connectivity index (χ3v) is 3.88. The van der Waals surface area contributed by atoms with Gasteiger partial charge in [0.15, 0.2) is 0 Å². The third-order valence-electron chi connectivity index (χ3n) is 3.88. The lowest BCUT2D eigenvalue weighted by molar-refractivity contribution is -0.173. The van der Waals surface area contributed by atoms with Crippen LogP contribution < -0.4 is 0 Å². The van der Waals surface area contributed by atoms with Crippen molar-refractivity contribution in [1.29, 1.82) is 0 Å². The summed E-state index contributed by atoms with van der Waals surface area (Å²) in [7, 11) is 1.47. The van der Waals surface area contributed by atoms with Crippen LogP contribution in [0.4, 0.5) is 0 Å². The molecule has 2 atom stereocenters. The van der Waals surface area contributed by atoms with Gasteiger partial charge in [-0.05, 0) is 18.4 Å². The van der Waals surface area contributed by atoms with Crippen LogP contribution in [0.15, 0.2) is 23.5 Å². The molecule has 2 aliphatic rings. The summed E-state index contributed by atoms with van der Waals surface area (Å²) in [6, 6.07) is 0. The normalized spacial score (nSPS) is 25.7. The standard InChI is InChI=1S/C16H24O4/c1-4-5-6-7-8-9-12-10-11(2)13-14(18-3)15(17)20-16(13)19-12/h12,16H,2,4-10H2,1,3H3/t12-,16-/m1/s1. The molecule has 4 heteroatoms. The maximum absolute atomic E-state index is 11.6. The van der Waals surface area contributed by atoms with Gasteiger partial charge in [-0.2, -0.15) is 0 Å². The minimum absolute atomic E-state index is 0.0990. The fraction of sp³-hybridized carbons (Fsp3) is 0.688. The zero-order valence-electron chi connectivity index (χ0n) is 12.4. The molecular formula is C16H24O4. The fourth-order valence-corrected chi connectivity index (χ4v) is 2.80. The lowest BCUT2D eigenvalue weighted by atomic mass is 9.94. The summed E-state index contributed by atoms with van der Waals surface area (Å²) in [5, 5.41) is 0. The second kappa shape index (κ2) is 6.93. The number of methoxy groups -OCH3 is 1. The second-order valence-electron chi connectivity index (χ2n) is 5.45. The summed E-state index contributed by atoms with van der Waals surface area (Å²) in [4.78, 5) is 11.6. The van der Waals surface area contributed by atoms with E-state index in [2.05, 4.69) is 13.5 Å². The van der Waals surface area contributed by atoms with Crippen LogP contribution >= 0.6 is 0 Å². The van der Waals surface area contributed by atoms with E-state index in [1.807, 2.05) is 0 Å². The van der Waals surface area contributed by atoms with Gasteiger partial charge in [-0.25, -0.2) is 4.79 Å². The molecule has 0 bridgehead atoms. The monoisotopic (exact) mass is 280 g/mol. The molecule has 0 aliphatic carbocycles. The molecule has 0 aromatic heterocycles. The lowest BCUT2D eigenvalue weighted by Gasteiger charge is -2.29. The van der Waals surface area contributed by atoms with Crippen molar-refractivity contribution in [2.75, 3.05) is 7.11 Å². The molecule has 0 amide bonds. The molecule has 2 aliphatic heterocycles. The molecule has 20 heavy (non-hydrogen) atoms. The Morgan fingerprint density at radius 3 is 2.75 bits per heavy atom. The minimum atomic E-state index is -0.612. The summed E-state index contributed by atoms with van der Waals surface area (Å²) >= 11 is 0. The Morgan fingerprint density at radius 1 is 1.30 bits per heavy atom. The highest BCUT2D eigenvalue weighted by Crippen LogP contribution is 2.38. The first kappa shape index (κ1) is 15.1. The molecule has 0 radical (unpaired) electrons. The molecule has 0 saturated carbocycles. The minimum Gasteiger partial charge on any atom is -0.490 e. The number of ether oxygens (including phenoxy) is 3. The van der Waals surface area contributed by atoms with Crippen LogP contribution in [0.2, 0.25) is 0 Å². The van der Waals surface area contributed by atoms with Gasteiger partial charge in [0.2, 0.25) is 12.0 Å². The Kier molecular flexibility index (Phi) is 5.24. The summed E-state index contributed by atoms with van der Waals surface area (Å²) in [6.07, 6.45) is 7.44. The molecule has 4 nitrogen and oxygen atoms in total. The molecule has 2 heterocycles. The maximum Gasteiger partial charge on any atom is 0.376 e. The Bertz CT molecular complexity index is 411. The SMILES string of the molecule is C=C1C[C@@H](CCCCCCC)O[C@@H]2OC(=O)C(OC)=C12. The van der Waals surface area contributed by atoms with Crippen LogP contribution in [-0.4, -0.2) is 25.5 Å². The van der Waals surface area contributed by atoms with Crippen molar-refractivity contribution in [3.05, 3.63) is 23.5 Å². The molecule has 0 unspecified atom stereocenters. The van der Waals surface area contributed by atoms with Crippen molar-refractivity contribution in [3.8, 4) is 0 Å². The van der Waals surface area contributed by atoms with Crippen molar-refractivity contribution < 1.29 is 19.0 Å². The number of carbonyl (C=O) groups is 1. The zero-order chi connectivity index (χ0) is 14.5. The molecule has 0 spiro atoms. The first-order valence-electron chi connectivity index (χ1n) is 7.50. The zero-order valence-corrected chi connectivity index (χ0v) is 12.4. The first-order chi connectivity index (χ1) is 9.67. The maximum atomic E-state index is 11.6. The van der Waals surface area contributed by atoms with Crippen LogP contribution in [0.1, 0.15) is 51.9 Å². The van der Waals surface area contributed by atoms with Gasteiger partial charge in [0, 0.05) is 0 Å². The Hall–Kier alpha value is -1.29. The number of rotatable bonds is 7. The second-order valence-corrected chi connectivity index (χ2v) is 5.45. The van der Waals surface area contributed by atoms with Crippen molar-refractivity contribution in [2.45, 2.75) is 64.3 Å². The molecule has 0 aromatic rings. The average molecular weight is 280 g/mol. The summed E-state index contributed by atoms with van der Waals surface area (Å²) in [5.41, 5.74) is 1.60. The molecule has 0 N–H and O–H groups in total. The molecule has 1 fully saturated rings. The van der Waals surface area contributed by atoms with Gasteiger partial charge in [0.1, 0.15) is 0 Å². The van der Waals surface area contributed by atoms with Gasteiger partial charge in [-0.1, -0.05) is 45.6 Å². The van der Waals surface area contributed by atoms with E-state index in [0.717, 1.165) is 24.8 Å². The number of hydrogen-bond donors (Lipinski definition) is 0. The van der Waals surface area contributed by atoms with E-state index in [1.54, 1.807) is 0 Å².